The molecule has 2 nitrogen and oxygen atoms in total. The second-order valence-corrected chi connectivity index (χ2v) is 6.23. The maximum atomic E-state index is 6.13. The molecular weight excluding hydrogens is 265 g/mol. The molecule has 0 aliphatic carbocycles. The van der Waals surface area contributed by atoms with Crippen LogP contribution in [0.1, 0.15) is 31.4 Å². The molecule has 2 rings (SSSR count). The van der Waals surface area contributed by atoms with Gasteiger partial charge in [-0.25, -0.2) is 0 Å². The van der Waals surface area contributed by atoms with Crippen molar-refractivity contribution in [2.45, 2.75) is 31.9 Å². The average Bonchev–Trinajstić information content (AvgIpc) is 2.51. The molecule has 1 saturated heterocycles. The van der Waals surface area contributed by atoms with E-state index in [1.165, 1.54) is 11.3 Å². The van der Waals surface area contributed by atoms with Crippen molar-refractivity contribution in [2.75, 3.05) is 13.2 Å². The Labute approximate surface area is 110 Å². The molecule has 2 atom stereocenters. The third-order valence-electron chi connectivity index (χ3n) is 2.90. The summed E-state index contributed by atoms with van der Waals surface area (Å²) in [7, 11) is 0. The molecule has 16 heavy (non-hydrogen) atoms. The zero-order valence-electron chi connectivity index (χ0n) is 9.13. The summed E-state index contributed by atoms with van der Waals surface area (Å²) in [5.74, 6) is 0. The number of rotatable bonds is 2. The molecular formula is C11H15Cl2NOS. The van der Waals surface area contributed by atoms with Gasteiger partial charge in [-0.3, -0.25) is 0 Å². The molecule has 0 saturated carbocycles. The third-order valence-corrected chi connectivity index (χ3v) is 4.42. The number of thiophene rings is 1. The summed E-state index contributed by atoms with van der Waals surface area (Å²) in [4.78, 5) is 0. The molecule has 1 aromatic rings. The summed E-state index contributed by atoms with van der Waals surface area (Å²) in [5.41, 5.74) is 1.01. The highest BCUT2D eigenvalue weighted by Crippen LogP contribution is 2.36. The molecule has 1 aliphatic rings. The van der Waals surface area contributed by atoms with E-state index in [1.54, 1.807) is 0 Å². The van der Waals surface area contributed by atoms with Crippen molar-refractivity contribution in [1.29, 1.82) is 0 Å². The summed E-state index contributed by atoms with van der Waals surface area (Å²) in [6.07, 6.45) is 2.23. The van der Waals surface area contributed by atoms with Gasteiger partial charge in [-0.1, -0.05) is 30.1 Å². The molecule has 1 fully saturated rings. The van der Waals surface area contributed by atoms with Gasteiger partial charge in [-0.15, -0.1) is 11.3 Å². The van der Waals surface area contributed by atoms with Crippen molar-refractivity contribution in [3.8, 4) is 0 Å². The molecule has 0 bridgehead atoms. The van der Waals surface area contributed by atoms with Crippen LogP contribution in [0.15, 0.2) is 6.07 Å². The van der Waals surface area contributed by atoms with E-state index in [9.17, 15) is 0 Å². The lowest BCUT2D eigenvalue weighted by molar-refractivity contribution is 0.0667. The smallest absolute Gasteiger partial charge is 0.100 e. The first-order valence-electron chi connectivity index (χ1n) is 5.50. The van der Waals surface area contributed by atoms with Crippen LogP contribution in [0, 0.1) is 0 Å². The molecule has 2 unspecified atom stereocenters. The molecule has 0 amide bonds. The lowest BCUT2D eigenvalue weighted by Gasteiger charge is -2.15. The van der Waals surface area contributed by atoms with Gasteiger partial charge in [0.2, 0.25) is 0 Å². The van der Waals surface area contributed by atoms with E-state index >= 15 is 0 Å². The van der Waals surface area contributed by atoms with Gasteiger partial charge in [0.15, 0.2) is 0 Å². The first-order valence-corrected chi connectivity index (χ1v) is 7.07. The topological polar surface area (TPSA) is 21.3 Å². The minimum Gasteiger partial charge on any atom is -0.372 e. The van der Waals surface area contributed by atoms with Crippen molar-refractivity contribution in [3.05, 3.63) is 20.3 Å². The Morgan fingerprint density at radius 2 is 2.38 bits per heavy atom. The molecule has 5 heteroatoms. The van der Waals surface area contributed by atoms with E-state index in [4.69, 9.17) is 27.9 Å². The third kappa shape index (κ3) is 2.90. The van der Waals surface area contributed by atoms with Gasteiger partial charge in [0.1, 0.15) is 4.34 Å². The average molecular weight is 280 g/mol. The minimum atomic E-state index is 0.0350. The zero-order chi connectivity index (χ0) is 11.5. The predicted octanol–water partition coefficient (Wildman–Crippen LogP) is 3.88. The fourth-order valence-corrected chi connectivity index (χ4v) is 3.47. The highest BCUT2D eigenvalue weighted by atomic mass is 35.5. The maximum absolute atomic E-state index is 6.13. The SMILES string of the molecule is CCC1CCOC(c2cc(Cl)sc2Cl)CN1. The lowest BCUT2D eigenvalue weighted by atomic mass is 10.1. The van der Waals surface area contributed by atoms with Gasteiger partial charge < -0.3 is 10.1 Å². The first-order chi connectivity index (χ1) is 7.70. The van der Waals surface area contributed by atoms with E-state index in [2.05, 4.69) is 12.2 Å². The monoisotopic (exact) mass is 279 g/mol. The van der Waals surface area contributed by atoms with Crippen LogP contribution in [0.3, 0.4) is 0 Å². The molecule has 2 heterocycles. The largest absolute Gasteiger partial charge is 0.372 e. The summed E-state index contributed by atoms with van der Waals surface area (Å²) in [6, 6.07) is 2.46. The number of nitrogens with one attached hydrogen (secondary N) is 1. The van der Waals surface area contributed by atoms with Gasteiger partial charge in [-0.05, 0) is 18.9 Å². The van der Waals surface area contributed by atoms with Crippen molar-refractivity contribution >= 4 is 34.5 Å². The van der Waals surface area contributed by atoms with Gasteiger partial charge >= 0.3 is 0 Å². The van der Waals surface area contributed by atoms with Gasteiger partial charge in [0.05, 0.1) is 10.4 Å². The Morgan fingerprint density at radius 1 is 1.56 bits per heavy atom. The highest BCUT2D eigenvalue weighted by Gasteiger charge is 2.22. The fraction of sp³-hybridized carbons (Fsp3) is 0.636. The van der Waals surface area contributed by atoms with Gasteiger partial charge in [0.25, 0.3) is 0 Å². The van der Waals surface area contributed by atoms with Crippen molar-refractivity contribution < 1.29 is 4.74 Å². The summed E-state index contributed by atoms with van der Waals surface area (Å²) >= 11 is 13.5. The van der Waals surface area contributed by atoms with Crippen LogP contribution in [-0.2, 0) is 4.74 Å². The Balaban J connectivity index is 2.07. The Morgan fingerprint density at radius 3 is 3.00 bits per heavy atom. The van der Waals surface area contributed by atoms with Gasteiger partial charge in [0, 0.05) is 24.8 Å². The summed E-state index contributed by atoms with van der Waals surface area (Å²) < 4.78 is 7.28. The predicted molar refractivity (Wildman–Crippen MR) is 69.7 cm³/mol. The lowest BCUT2D eigenvalue weighted by Crippen LogP contribution is -2.29. The minimum absolute atomic E-state index is 0.0350. The highest BCUT2D eigenvalue weighted by molar-refractivity contribution is 7.20. The second kappa shape index (κ2) is 5.69. The van der Waals surface area contributed by atoms with E-state index in [-0.39, 0.29) is 6.10 Å². The fourth-order valence-electron chi connectivity index (χ4n) is 1.91. The number of halogens is 2. The number of hydrogen-bond acceptors (Lipinski definition) is 3. The Hall–Kier alpha value is 0.200. The summed E-state index contributed by atoms with van der Waals surface area (Å²) in [6.45, 7) is 3.78. The van der Waals surface area contributed by atoms with Crippen LogP contribution < -0.4 is 5.32 Å². The summed E-state index contributed by atoms with van der Waals surface area (Å²) in [5, 5.41) is 3.49. The van der Waals surface area contributed by atoms with Crippen molar-refractivity contribution in [3.63, 3.8) is 0 Å². The second-order valence-electron chi connectivity index (χ2n) is 3.94. The first kappa shape index (κ1) is 12.7. The van der Waals surface area contributed by atoms with Crippen LogP contribution in [0.5, 0.6) is 0 Å². The standard InChI is InChI=1S/C11H15Cl2NOS/c1-2-7-3-4-15-9(6-14-7)8-5-10(12)16-11(8)13/h5,7,9,14H,2-4,6H2,1H3. The normalized spacial score (nSPS) is 26.7. The van der Waals surface area contributed by atoms with E-state index < -0.39 is 0 Å². The van der Waals surface area contributed by atoms with Crippen LogP contribution in [-0.4, -0.2) is 19.2 Å². The van der Waals surface area contributed by atoms with Crippen LogP contribution >= 0.6 is 34.5 Å². The van der Waals surface area contributed by atoms with Crippen LogP contribution in [0.25, 0.3) is 0 Å². The number of hydrogen-bond donors (Lipinski definition) is 1. The van der Waals surface area contributed by atoms with Crippen LogP contribution in [0.2, 0.25) is 8.67 Å². The number of ether oxygens (including phenoxy) is 1. The Kier molecular flexibility index (Phi) is 4.50. The van der Waals surface area contributed by atoms with E-state index in [1.807, 2.05) is 6.07 Å². The Bertz CT molecular complexity index is 356. The quantitative estimate of drug-likeness (QED) is 0.887. The molecule has 1 aliphatic heterocycles. The van der Waals surface area contributed by atoms with Crippen molar-refractivity contribution in [1.82, 2.24) is 5.32 Å². The van der Waals surface area contributed by atoms with Crippen LogP contribution in [0.4, 0.5) is 0 Å². The van der Waals surface area contributed by atoms with Crippen molar-refractivity contribution in [2.24, 2.45) is 0 Å². The maximum Gasteiger partial charge on any atom is 0.100 e. The molecule has 0 spiro atoms. The molecule has 0 radical (unpaired) electrons. The molecule has 0 aromatic carbocycles. The molecule has 90 valence electrons. The van der Waals surface area contributed by atoms with E-state index in [0.29, 0.717) is 6.04 Å². The molecule has 1 aromatic heterocycles. The zero-order valence-corrected chi connectivity index (χ0v) is 11.5. The van der Waals surface area contributed by atoms with E-state index in [0.717, 1.165) is 40.2 Å². The van der Waals surface area contributed by atoms with Gasteiger partial charge in [-0.2, -0.15) is 0 Å². The molecule has 1 N–H and O–H groups in total.